The van der Waals surface area contributed by atoms with Gasteiger partial charge in [0.2, 0.25) is 34.9 Å². The summed E-state index contributed by atoms with van der Waals surface area (Å²) < 4.78 is 25.6. The summed E-state index contributed by atoms with van der Waals surface area (Å²) in [4.78, 5) is 62.3. The van der Waals surface area contributed by atoms with Crippen LogP contribution in [0, 0.1) is 11.9 Å². The second-order valence-electron chi connectivity index (χ2n) is 10.8. The minimum Gasteiger partial charge on any atom is -0.354 e. The van der Waals surface area contributed by atoms with Crippen LogP contribution in [0.4, 0.5) is 14.7 Å². The lowest BCUT2D eigenvalue weighted by molar-refractivity contribution is -0.123. The van der Waals surface area contributed by atoms with Crippen molar-refractivity contribution in [2.24, 2.45) is 0 Å². The molecule has 0 unspecified atom stereocenters. The highest BCUT2D eigenvalue weighted by atomic mass is 35.5. The predicted octanol–water partition coefficient (Wildman–Crippen LogP) is 3.55. The lowest BCUT2D eigenvalue weighted by Gasteiger charge is -2.30. The van der Waals surface area contributed by atoms with Crippen LogP contribution < -0.4 is 10.2 Å². The maximum atomic E-state index is 12.9. The molecule has 14 nitrogen and oxygen atoms in total. The third kappa shape index (κ3) is 8.65. The number of halogens is 3. The zero-order chi connectivity index (χ0) is 34.5. The summed E-state index contributed by atoms with van der Waals surface area (Å²) in [5.41, 5.74) is 2.77. The lowest BCUT2D eigenvalue weighted by atomic mass is 10.3. The Hall–Kier alpha value is -4.75. The monoisotopic (exact) mass is 724 g/mol. The van der Waals surface area contributed by atoms with Crippen LogP contribution in [0.1, 0.15) is 0 Å². The van der Waals surface area contributed by atoms with Gasteiger partial charge >= 0.3 is 0 Å². The molecule has 8 heterocycles. The van der Waals surface area contributed by atoms with E-state index in [1.807, 2.05) is 23.9 Å². The van der Waals surface area contributed by atoms with Gasteiger partial charge in [-0.1, -0.05) is 22.7 Å². The summed E-state index contributed by atoms with van der Waals surface area (Å²) in [6, 6.07) is 5.83. The lowest BCUT2D eigenvalue weighted by Crippen LogP contribution is -2.49. The Morgan fingerprint density at radius 2 is 1.31 bits per heavy atom. The predicted molar refractivity (Wildman–Crippen MR) is 182 cm³/mol. The van der Waals surface area contributed by atoms with Crippen molar-refractivity contribution in [1.29, 1.82) is 0 Å². The fraction of sp³-hybridized carbons (Fsp3) is 0.267. The molecule has 0 spiro atoms. The smallest absolute Gasteiger partial charge is 0.243 e. The van der Waals surface area contributed by atoms with Gasteiger partial charge in [-0.3, -0.25) is 24.3 Å². The van der Waals surface area contributed by atoms with Crippen molar-refractivity contribution in [2.45, 2.75) is 0 Å². The summed E-state index contributed by atoms with van der Waals surface area (Å²) in [5.74, 6) is -0.532. The van der Waals surface area contributed by atoms with Crippen LogP contribution in [-0.4, -0.2) is 115 Å². The Kier molecular flexibility index (Phi) is 10.6. The second-order valence-corrected chi connectivity index (χ2v) is 13.1. The van der Waals surface area contributed by atoms with Crippen molar-refractivity contribution in [3.63, 3.8) is 0 Å². The van der Waals surface area contributed by atoms with Crippen LogP contribution in [0.2, 0.25) is 5.28 Å². The highest BCUT2D eigenvalue weighted by molar-refractivity contribution is 7.21. The molecule has 2 fully saturated rings. The van der Waals surface area contributed by atoms with Gasteiger partial charge in [-0.15, -0.1) is 0 Å². The van der Waals surface area contributed by atoms with Crippen molar-refractivity contribution < 1.29 is 18.4 Å². The molecule has 2 aliphatic heterocycles. The number of carbonyl (C=O) groups excluding carboxylic acids is 2. The number of amides is 2. The molecule has 8 rings (SSSR count). The molecular weight excluding hydrogens is 698 g/mol. The number of rotatable bonds is 3. The molecule has 0 atom stereocenters. The maximum Gasteiger partial charge on any atom is 0.243 e. The fourth-order valence-electron chi connectivity index (χ4n) is 4.59. The first-order valence-corrected chi connectivity index (χ1v) is 16.7. The van der Waals surface area contributed by atoms with Crippen molar-refractivity contribution in [3.05, 3.63) is 66.2 Å². The van der Waals surface area contributed by atoms with Crippen molar-refractivity contribution >= 4 is 72.7 Å². The highest BCUT2D eigenvalue weighted by Crippen LogP contribution is 2.30. The third-order valence-electron chi connectivity index (χ3n) is 7.09. The minimum atomic E-state index is -0.532. The third-order valence-corrected chi connectivity index (χ3v) is 9.30. The van der Waals surface area contributed by atoms with Crippen molar-refractivity contribution in [1.82, 2.24) is 55.0 Å². The van der Waals surface area contributed by atoms with Gasteiger partial charge in [-0.25, -0.2) is 34.9 Å². The minimum absolute atomic E-state index is 0.0180. The first-order chi connectivity index (χ1) is 23.6. The van der Waals surface area contributed by atoms with Crippen molar-refractivity contribution in [3.8, 4) is 21.1 Å². The standard InChI is InChI=1S/C15H13FN6OS.C10H4ClFN4S.C5H10N2O/c1-21-4-5-22(12(23)8-21)15-18-7-10-14(20-15)24-13(19-10)9-2-3-11(16)17-6-9;11-10-14-4-6-9(16-10)17-8(15-6)5-1-2-7(12)13-3-5;1-7-3-2-6-5(8)4-7/h2-3,6-7H,4-5,8H2,1H3;1-4H;2-4H2,1H3,(H,6,8). The molecule has 0 radical (unpaired) electrons. The zero-order valence-corrected chi connectivity index (χ0v) is 28.4. The molecule has 2 saturated heterocycles. The van der Waals surface area contributed by atoms with E-state index in [2.05, 4.69) is 45.2 Å². The average molecular weight is 725 g/mol. The number of anilines is 1. The molecule has 0 saturated carbocycles. The average Bonchev–Trinajstić information content (AvgIpc) is 3.70. The summed E-state index contributed by atoms with van der Waals surface area (Å²) in [7, 11) is 3.85. The fourth-order valence-corrected chi connectivity index (χ4v) is 6.57. The van der Waals surface area contributed by atoms with Gasteiger partial charge in [0.25, 0.3) is 0 Å². The van der Waals surface area contributed by atoms with Gasteiger partial charge in [-0.05, 0) is 50.0 Å². The Morgan fingerprint density at radius 3 is 1.84 bits per heavy atom. The van der Waals surface area contributed by atoms with E-state index in [0.29, 0.717) is 56.3 Å². The molecule has 6 aromatic heterocycles. The van der Waals surface area contributed by atoms with Crippen LogP contribution >= 0.6 is 34.3 Å². The van der Waals surface area contributed by atoms with Crippen LogP contribution in [-0.2, 0) is 9.59 Å². The molecule has 19 heteroatoms. The van der Waals surface area contributed by atoms with E-state index >= 15 is 0 Å². The van der Waals surface area contributed by atoms with E-state index in [4.69, 9.17) is 11.6 Å². The summed E-state index contributed by atoms with van der Waals surface area (Å²) >= 11 is 8.41. The first-order valence-electron chi connectivity index (χ1n) is 14.7. The van der Waals surface area contributed by atoms with E-state index in [0.717, 1.165) is 30.8 Å². The molecule has 49 heavy (non-hydrogen) atoms. The SMILES string of the molecule is CN1CCN(c2ncc3nc(-c4ccc(F)nc4)sc3n2)C(=O)C1.CN1CCNC(=O)C1.Fc1ccc(-c2nc3cnc(Cl)nc3s2)cn1. The Morgan fingerprint density at radius 1 is 0.714 bits per heavy atom. The number of piperazine rings is 2. The molecule has 0 bridgehead atoms. The first kappa shape index (κ1) is 34.1. The molecule has 1 N–H and O–H groups in total. The normalized spacial score (nSPS) is 15.4. The second kappa shape index (κ2) is 15.2. The van der Waals surface area contributed by atoms with Gasteiger partial charge in [0.05, 0.1) is 25.5 Å². The van der Waals surface area contributed by atoms with E-state index in [-0.39, 0.29) is 17.1 Å². The van der Waals surface area contributed by atoms with Crippen LogP contribution in [0.3, 0.4) is 0 Å². The Labute approximate surface area is 290 Å². The van der Waals surface area contributed by atoms with Gasteiger partial charge < -0.3 is 5.32 Å². The highest BCUT2D eigenvalue weighted by Gasteiger charge is 2.25. The molecule has 0 aromatic carbocycles. The molecule has 252 valence electrons. The van der Waals surface area contributed by atoms with E-state index in [1.54, 1.807) is 29.4 Å². The Bertz CT molecular complexity index is 2100. The number of nitrogens with one attached hydrogen (secondary N) is 1. The Balaban J connectivity index is 0.000000144. The van der Waals surface area contributed by atoms with Gasteiger partial charge in [-0.2, -0.15) is 13.8 Å². The van der Waals surface area contributed by atoms with E-state index in [9.17, 15) is 18.4 Å². The summed E-state index contributed by atoms with van der Waals surface area (Å²) in [5, 5.41) is 4.32. The van der Waals surface area contributed by atoms with Gasteiger partial charge in [0.15, 0.2) is 0 Å². The van der Waals surface area contributed by atoms with Gasteiger partial charge in [0, 0.05) is 49.7 Å². The number of likely N-dealkylation sites (N-methyl/N-ethyl adjacent to an activating group) is 2. The largest absolute Gasteiger partial charge is 0.354 e. The molecule has 6 aromatic rings. The summed E-state index contributed by atoms with van der Waals surface area (Å²) in [6.45, 7) is 4.04. The van der Waals surface area contributed by atoms with Gasteiger partial charge in [0.1, 0.15) is 30.7 Å². The molecule has 2 amide bonds. The number of nitrogens with zero attached hydrogens (tertiary/aromatic N) is 11. The number of hydrogen-bond donors (Lipinski definition) is 1. The topological polar surface area (TPSA) is 159 Å². The number of aromatic nitrogens is 8. The van der Waals surface area contributed by atoms with Crippen molar-refractivity contribution in [2.75, 3.05) is 58.3 Å². The number of pyridine rings is 2. The van der Waals surface area contributed by atoms with E-state index < -0.39 is 11.9 Å². The molecule has 0 aliphatic carbocycles. The van der Waals surface area contributed by atoms with Crippen LogP contribution in [0.5, 0.6) is 0 Å². The van der Waals surface area contributed by atoms with Crippen LogP contribution in [0.25, 0.3) is 41.8 Å². The van der Waals surface area contributed by atoms with E-state index in [1.165, 1.54) is 47.2 Å². The zero-order valence-electron chi connectivity index (χ0n) is 26.0. The molecular formula is C30H27ClF2N12O2S2. The number of hydrogen-bond acceptors (Lipinski definition) is 14. The number of fused-ring (bicyclic) bond motifs is 2. The quantitative estimate of drug-likeness (QED) is 0.209. The summed E-state index contributed by atoms with van der Waals surface area (Å²) in [6.07, 6.45) is 6.04. The number of thiazole rings is 2. The van der Waals surface area contributed by atoms with Crippen LogP contribution in [0.15, 0.2) is 49.1 Å². The maximum absolute atomic E-state index is 12.9. The number of carbonyl (C=O) groups is 2. The molecule has 2 aliphatic rings.